The summed E-state index contributed by atoms with van der Waals surface area (Å²) >= 11 is 0. The molecule has 0 saturated carbocycles. The number of alkyl halides is 3. The summed E-state index contributed by atoms with van der Waals surface area (Å²) in [6.45, 7) is 6.61. The predicted octanol–water partition coefficient (Wildman–Crippen LogP) is 2.99. The Morgan fingerprint density at radius 3 is 2.26 bits per heavy atom. The molecule has 31 heavy (non-hydrogen) atoms. The molecule has 2 aliphatic heterocycles. The average Bonchev–Trinajstić information content (AvgIpc) is 3.10. The zero-order chi connectivity index (χ0) is 23.2. The molecule has 2 saturated heterocycles. The average molecular weight is 446 g/mol. The molecule has 1 amide bonds. The molecule has 0 bridgehead atoms. The van der Waals surface area contributed by atoms with Gasteiger partial charge in [0.1, 0.15) is 5.75 Å². The van der Waals surface area contributed by atoms with Gasteiger partial charge in [-0.15, -0.1) is 0 Å². The fourth-order valence-corrected chi connectivity index (χ4v) is 3.81. The van der Waals surface area contributed by atoms with Crippen molar-refractivity contribution in [1.29, 1.82) is 0 Å². The second-order valence-electron chi connectivity index (χ2n) is 8.13. The molecule has 174 valence electrons. The Balaban J connectivity index is 0.000000423. The normalized spacial score (nSPS) is 20.5. The predicted molar refractivity (Wildman–Crippen MR) is 107 cm³/mol. The van der Waals surface area contributed by atoms with Crippen molar-refractivity contribution in [2.45, 2.75) is 38.5 Å². The number of amides is 1. The number of carboxylic acids is 1. The van der Waals surface area contributed by atoms with E-state index in [4.69, 9.17) is 14.6 Å². The molecule has 2 heterocycles. The highest BCUT2D eigenvalue weighted by Crippen LogP contribution is 2.42. The summed E-state index contributed by atoms with van der Waals surface area (Å²) in [6, 6.07) is 6.52. The second-order valence-corrected chi connectivity index (χ2v) is 8.13. The Hall–Kier alpha value is -2.33. The van der Waals surface area contributed by atoms with Gasteiger partial charge in [0.2, 0.25) is 0 Å². The van der Waals surface area contributed by atoms with Gasteiger partial charge in [0.15, 0.2) is 0 Å². The van der Waals surface area contributed by atoms with Crippen LogP contribution in [0, 0.1) is 5.41 Å². The molecule has 0 radical (unpaired) electrons. The van der Waals surface area contributed by atoms with Crippen LogP contribution in [0.25, 0.3) is 0 Å². The van der Waals surface area contributed by atoms with E-state index in [0.717, 1.165) is 52.0 Å². The molecule has 1 spiro atoms. The number of phenols is 1. The van der Waals surface area contributed by atoms with E-state index in [-0.39, 0.29) is 17.1 Å². The number of carbonyl (C=O) groups is 2. The van der Waals surface area contributed by atoms with E-state index in [9.17, 15) is 23.1 Å². The number of benzene rings is 1. The first kappa shape index (κ1) is 24.9. The van der Waals surface area contributed by atoms with Gasteiger partial charge in [0.05, 0.1) is 12.7 Å². The van der Waals surface area contributed by atoms with Gasteiger partial charge in [-0.3, -0.25) is 4.79 Å². The van der Waals surface area contributed by atoms with Gasteiger partial charge in [0.25, 0.3) is 5.91 Å². The highest BCUT2D eigenvalue weighted by atomic mass is 19.4. The minimum atomic E-state index is -5.08. The monoisotopic (exact) mass is 446 g/mol. The number of aromatic hydroxyl groups is 1. The van der Waals surface area contributed by atoms with Crippen LogP contribution in [0.2, 0.25) is 0 Å². The van der Waals surface area contributed by atoms with Crippen molar-refractivity contribution in [2.24, 2.45) is 5.41 Å². The lowest BCUT2D eigenvalue weighted by Crippen LogP contribution is -2.43. The summed E-state index contributed by atoms with van der Waals surface area (Å²) in [5, 5.41) is 16.5. The van der Waals surface area contributed by atoms with Crippen LogP contribution < -0.4 is 0 Å². The van der Waals surface area contributed by atoms with Crippen molar-refractivity contribution in [2.75, 3.05) is 39.8 Å². The van der Waals surface area contributed by atoms with E-state index in [1.54, 1.807) is 24.3 Å². The summed E-state index contributed by atoms with van der Waals surface area (Å²) < 4.78 is 37.8. The van der Waals surface area contributed by atoms with Gasteiger partial charge >= 0.3 is 12.1 Å². The van der Waals surface area contributed by atoms with Crippen molar-refractivity contribution in [3.63, 3.8) is 0 Å². The number of carboxylic acid groups (broad SMARTS) is 1. The number of ether oxygens (including phenoxy) is 1. The molecule has 1 aromatic carbocycles. The van der Waals surface area contributed by atoms with Gasteiger partial charge in [-0.25, -0.2) is 4.79 Å². The molecule has 2 fully saturated rings. The fraction of sp³-hybridized carbons (Fsp3) is 0.619. The first-order chi connectivity index (χ1) is 14.5. The molecule has 2 N–H and O–H groups in total. The highest BCUT2D eigenvalue weighted by molar-refractivity contribution is 5.94. The lowest BCUT2D eigenvalue weighted by molar-refractivity contribution is -0.192. The Bertz CT molecular complexity index is 746. The number of likely N-dealkylation sites (tertiary alicyclic amines) is 1. The van der Waals surface area contributed by atoms with Crippen molar-refractivity contribution in [3.8, 4) is 5.75 Å². The molecular formula is C21H29F3N2O5. The Morgan fingerprint density at radius 2 is 1.77 bits per heavy atom. The molecular weight excluding hydrogens is 417 g/mol. The van der Waals surface area contributed by atoms with Crippen LogP contribution in [-0.2, 0) is 9.53 Å². The Morgan fingerprint density at radius 1 is 1.23 bits per heavy atom. The van der Waals surface area contributed by atoms with Crippen molar-refractivity contribution < 1.29 is 37.7 Å². The molecule has 1 atom stereocenters. The van der Waals surface area contributed by atoms with Gasteiger partial charge in [-0.05, 0) is 62.5 Å². The molecule has 1 unspecified atom stereocenters. The molecule has 0 aliphatic carbocycles. The zero-order valence-electron chi connectivity index (χ0n) is 17.7. The van der Waals surface area contributed by atoms with Crippen LogP contribution >= 0.6 is 0 Å². The van der Waals surface area contributed by atoms with Crippen molar-refractivity contribution >= 4 is 11.9 Å². The lowest BCUT2D eigenvalue weighted by atomic mass is 9.76. The first-order valence-corrected chi connectivity index (χ1v) is 10.1. The van der Waals surface area contributed by atoms with Crippen molar-refractivity contribution in [3.05, 3.63) is 29.8 Å². The van der Waals surface area contributed by atoms with Crippen LogP contribution in [0.5, 0.6) is 5.75 Å². The number of carbonyl (C=O) groups excluding carboxylic acids is 1. The third-order valence-corrected chi connectivity index (χ3v) is 5.81. The van der Waals surface area contributed by atoms with E-state index in [1.165, 1.54) is 0 Å². The summed E-state index contributed by atoms with van der Waals surface area (Å²) in [5.41, 5.74) is 0.902. The maximum atomic E-state index is 12.6. The molecule has 0 aromatic heterocycles. The number of likely N-dealkylation sites (N-methyl/N-ethyl adjacent to an activating group) is 1. The van der Waals surface area contributed by atoms with Gasteiger partial charge < -0.3 is 24.7 Å². The topological polar surface area (TPSA) is 90.3 Å². The number of halogens is 3. The molecule has 1 aromatic rings. The van der Waals surface area contributed by atoms with E-state index in [1.807, 2.05) is 4.90 Å². The minimum Gasteiger partial charge on any atom is -0.508 e. The summed E-state index contributed by atoms with van der Waals surface area (Å²) in [5.74, 6) is -2.51. The smallest absolute Gasteiger partial charge is 0.490 e. The van der Waals surface area contributed by atoms with Gasteiger partial charge in [0, 0.05) is 25.2 Å². The van der Waals surface area contributed by atoms with Crippen LogP contribution in [0.3, 0.4) is 0 Å². The summed E-state index contributed by atoms with van der Waals surface area (Å²) in [6.07, 6.45) is -1.61. The molecule has 10 heteroatoms. The fourth-order valence-electron chi connectivity index (χ4n) is 3.81. The maximum absolute atomic E-state index is 12.6. The van der Waals surface area contributed by atoms with E-state index >= 15 is 0 Å². The zero-order valence-corrected chi connectivity index (χ0v) is 17.7. The highest BCUT2D eigenvalue weighted by Gasteiger charge is 2.43. The number of rotatable bonds is 4. The summed E-state index contributed by atoms with van der Waals surface area (Å²) in [4.78, 5) is 25.7. The second kappa shape index (κ2) is 10.3. The van der Waals surface area contributed by atoms with Crippen LogP contribution in [0.15, 0.2) is 24.3 Å². The minimum absolute atomic E-state index is 0.0611. The van der Waals surface area contributed by atoms with E-state index in [2.05, 4.69) is 18.9 Å². The van der Waals surface area contributed by atoms with E-state index in [0.29, 0.717) is 11.7 Å². The SMILES string of the molecule is CCN(C)CC1CC2(CCN(C(=O)c3ccc(O)cc3)CC2)CO1.O=C(O)C(F)(F)F. The van der Waals surface area contributed by atoms with Crippen LogP contribution in [0.1, 0.15) is 36.5 Å². The summed E-state index contributed by atoms with van der Waals surface area (Å²) in [7, 11) is 2.13. The van der Waals surface area contributed by atoms with Gasteiger partial charge in [-0.2, -0.15) is 13.2 Å². The largest absolute Gasteiger partial charge is 0.508 e. The van der Waals surface area contributed by atoms with Crippen LogP contribution in [0.4, 0.5) is 13.2 Å². The first-order valence-electron chi connectivity index (χ1n) is 10.1. The van der Waals surface area contributed by atoms with Crippen LogP contribution in [-0.4, -0.2) is 84.0 Å². The quantitative estimate of drug-likeness (QED) is 0.739. The molecule has 2 aliphatic rings. The van der Waals surface area contributed by atoms with Crippen molar-refractivity contribution in [1.82, 2.24) is 9.80 Å². The number of phenolic OH excluding ortho intramolecular Hbond substituents is 1. The maximum Gasteiger partial charge on any atom is 0.490 e. The van der Waals surface area contributed by atoms with Gasteiger partial charge in [-0.1, -0.05) is 6.92 Å². The number of hydrogen-bond donors (Lipinski definition) is 2. The standard InChI is InChI=1S/C19H28N2O3.C2HF3O2/c1-3-20(2)13-17-12-19(14-24-17)8-10-21(11-9-19)18(23)15-4-6-16(22)7-5-15;3-2(4,5)1(6)7/h4-7,17,22H,3,8-14H2,1-2H3;(H,6,7). The Labute approximate surface area is 179 Å². The molecule has 3 rings (SSSR count). The number of piperidine rings is 1. The number of aliphatic carboxylic acids is 1. The molecule has 7 nitrogen and oxygen atoms in total. The van der Waals surface area contributed by atoms with E-state index < -0.39 is 12.1 Å². The third kappa shape index (κ3) is 7.10. The lowest BCUT2D eigenvalue weighted by Gasteiger charge is -2.38. The number of nitrogens with zero attached hydrogens (tertiary/aromatic N) is 2. The third-order valence-electron chi connectivity index (χ3n) is 5.81. The Kier molecular flexibility index (Phi) is 8.30. The number of hydrogen-bond acceptors (Lipinski definition) is 5.